The first-order valence-electron chi connectivity index (χ1n) is 22.9. The van der Waals surface area contributed by atoms with Crippen LogP contribution in [0, 0.1) is 56.7 Å². The minimum atomic E-state index is -1.27. The maximum atomic E-state index is 13.5. The molecule has 4 saturated carbocycles. The molecule has 0 amide bonds. The molecule has 7 nitrogen and oxygen atoms in total. The molecular formula is C49H78N2O5. The predicted molar refractivity (Wildman–Crippen MR) is 225 cm³/mol. The van der Waals surface area contributed by atoms with Crippen molar-refractivity contribution in [2.75, 3.05) is 39.4 Å². The third-order valence-electron chi connectivity index (χ3n) is 18.0. The normalized spacial score (nSPS) is 40.4. The molecule has 7 heteroatoms. The van der Waals surface area contributed by atoms with Gasteiger partial charge in [-0.2, -0.15) is 0 Å². The first-order valence-corrected chi connectivity index (χ1v) is 22.9. The molecule has 1 aliphatic heterocycles. The number of rotatable bonds is 10. The van der Waals surface area contributed by atoms with Crippen LogP contribution in [0.4, 0.5) is 0 Å². The Labute approximate surface area is 340 Å². The van der Waals surface area contributed by atoms with Gasteiger partial charge in [0, 0.05) is 31.7 Å². The molecule has 0 spiro atoms. The average molecular weight is 775 g/mol. The van der Waals surface area contributed by atoms with Gasteiger partial charge < -0.3 is 19.5 Å². The summed E-state index contributed by atoms with van der Waals surface area (Å²) in [5.74, 6) is 2.39. The second-order valence-corrected chi connectivity index (χ2v) is 21.7. The number of allylic oxidation sites excluding steroid dienone is 5. The molecule has 0 aromatic rings. The van der Waals surface area contributed by atoms with E-state index in [0.29, 0.717) is 53.8 Å². The van der Waals surface area contributed by atoms with E-state index in [4.69, 9.17) is 14.2 Å². The number of ether oxygens (including phenoxy) is 3. The van der Waals surface area contributed by atoms with E-state index in [2.05, 4.69) is 70.5 Å². The number of carbonyl (C=O) groups excluding carboxylic acids is 2. The molecule has 56 heavy (non-hydrogen) atoms. The van der Waals surface area contributed by atoms with Crippen molar-refractivity contribution in [3.05, 3.63) is 35.5 Å². The van der Waals surface area contributed by atoms with Crippen LogP contribution in [0.3, 0.4) is 0 Å². The van der Waals surface area contributed by atoms with Gasteiger partial charge in [-0.1, -0.05) is 58.9 Å². The Bertz CT molecular complexity index is 1570. The van der Waals surface area contributed by atoms with Crippen molar-refractivity contribution >= 4 is 11.9 Å². The van der Waals surface area contributed by atoms with Crippen molar-refractivity contribution in [2.45, 2.75) is 164 Å². The summed E-state index contributed by atoms with van der Waals surface area (Å²) in [5, 5.41) is 4.31. The van der Waals surface area contributed by atoms with Crippen molar-refractivity contribution in [2.24, 2.45) is 56.7 Å². The van der Waals surface area contributed by atoms with Gasteiger partial charge in [0.25, 0.3) is 0 Å². The van der Waals surface area contributed by atoms with Crippen molar-refractivity contribution in [1.29, 1.82) is 0 Å². The van der Waals surface area contributed by atoms with Gasteiger partial charge in [-0.3, -0.25) is 14.5 Å². The number of hydrogen-bond donors (Lipinski definition) is 1. The fraction of sp³-hybridized carbons (Fsp3) is 0.837. The molecule has 1 saturated heterocycles. The fourth-order valence-electron chi connectivity index (χ4n) is 15.1. The predicted octanol–water partition coefficient (Wildman–Crippen LogP) is 9.85. The lowest BCUT2D eigenvalue weighted by Gasteiger charge is -2.72. The van der Waals surface area contributed by atoms with Crippen molar-refractivity contribution in [3.8, 4) is 0 Å². The average Bonchev–Trinajstić information content (AvgIpc) is 3.52. The van der Waals surface area contributed by atoms with Crippen LogP contribution in [0.25, 0.3) is 0 Å². The van der Waals surface area contributed by atoms with Crippen molar-refractivity contribution in [1.82, 2.24) is 10.2 Å². The molecule has 0 aromatic heterocycles. The van der Waals surface area contributed by atoms with Crippen molar-refractivity contribution < 1.29 is 23.8 Å². The van der Waals surface area contributed by atoms with Gasteiger partial charge in [0.2, 0.25) is 0 Å². The Morgan fingerprint density at radius 1 is 0.839 bits per heavy atom. The van der Waals surface area contributed by atoms with E-state index in [1.54, 1.807) is 0 Å². The van der Waals surface area contributed by atoms with Crippen LogP contribution in [0.1, 0.15) is 146 Å². The third-order valence-corrected chi connectivity index (χ3v) is 18.0. The number of hydrogen-bond acceptors (Lipinski definition) is 7. The first-order chi connectivity index (χ1) is 26.3. The van der Waals surface area contributed by atoms with Gasteiger partial charge >= 0.3 is 11.9 Å². The molecule has 6 aliphatic carbocycles. The summed E-state index contributed by atoms with van der Waals surface area (Å²) in [6.07, 6.45) is 17.2. The Morgan fingerprint density at radius 2 is 1.52 bits per heavy atom. The van der Waals surface area contributed by atoms with Gasteiger partial charge in [0.1, 0.15) is 0 Å². The second kappa shape index (κ2) is 15.3. The zero-order valence-corrected chi connectivity index (χ0v) is 37.1. The topological polar surface area (TPSA) is 77.1 Å². The zero-order chi connectivity index (χ0) is 40.5. The van der Waals surface area contributed by atoms with E-state index >= 15 is 0 Å². The molecule has 7 aliphatic rings. The van der Waals surface area contributed by atoms with Crippen LogP contribution < -0.4 is 5.32 Å². The van der Waals surface area contributed by atoms with Gasteiger partial charge in [0.05, 0.1) is 25.4 Å². The number of nitrogens with one attached hydrogen (secondary N) is 1. The van der Waals surface area contributed by atoms with E-state index < -0.39 is 17.4 Å². The molecule has 0 unspecified atom stereocenters. The molecule has 314 valence electrons. The summed E-state index contributed by atoms with van der Waals surface area (Å²) < 4.78 is 17.0. The summed E-state index contributed by atoms with van der Waals surface area (Å²) in [6.45, 7) is 33.6. The van der Waals surface area contributed by atoms with Gasteiger partial charge in [-0.15, -0.1) is 0 Å². The lowest BCUT2D eigenvalue weighted by atomic mass is 9.33. The quantitative estimate of drug-likeness (QED) is 0.135. The summed E-state index contributed by atoms with van der Waals surface area (Å²) in [7, 11) is 0. The maximum Gasteiger partial charge on any atom is 0.324 e. The van der Waals surface area contributed by atoms with E-state index in [1.165, 1.54) is 68.1 Å². The van der Waals surface area contributed by atoms with Crippen LogP contribution in [0.15, 0.2) is 35.5 Å². The minimum absolute atomic E-state index is 0.00256. The third kappa shape index (κ3) is 6.72. The highest BCUT2D eigenvalue weighted by Gasteiger charge is 2.70. The molecule has 1 heterocycles. The van der Waals surface area contributed by atoms with Gasteiger partial charge in [-0.05, 0) is 174 Å². The minimum Gasteiger partial charge on any atom is -0.462 e. The van der Waals surface area contributed by atoms with Crippen LogP contribution in [0.5, 0.6) is 0 Å². The second-order valence-electron chi connectivity index (χ2n) is 21.7. The highest BCUT2D eigenvalue weighted by atomic mass is 16.6. The Kier molecular flexibility index (Phi) is 11.5. The number of fused-ring (bicyclic) bond motifs is 7. The standard InChI is InChI=1S/C49H78N2O5/c1-32(2)36-16-23-49(50-26-27-51-28-30-54-31-29-51)25-24-46(10)38(41(36)49)12-13-40-45(9)19-17-37(44(7,8)39(45)18-20-47(40,46)11)35-14-21-48(22-15-35,42(52)55-33(3)4)43(53)56-34(5)6/h14,17,33-34,36,38-41,50H,1,12-13,15-16,18-31H2,2-11H3/t36-,38+,39-,40+,41+,45-,46+,47+,49-/m0/s1. The van der Waals surface area contributed by atoms with Gasteiger partial charge in [0.15, 0.2) is 5.41 Å². The largest absolute Gasteiger partial charge is 0.462 e. The van der Waals surface area contributed by atoms with E-state index in [9.17, 15) is 9.59 Å². The molecule has 7 rings (SSSR count). The summed E-state index contributed by atoms with van der Waals surface area (Å²) in [6, 6.07) is 0. The summed E-state index contributed by atoms with van der Waals surface area (Å²) in [5.41, 5.74) is 3.97. The Balaban J connectivity index is 1.13. The lowest BCUT2D eigenvalue weighted by molar-refractivity contribution is -0.221. The molecule has 5 fully saturated rings. The molecule has 0 aromatic carbocycles. The first kappa shape index (κ1) is 42.2. The lowest BCUT2D eigenvalue weighted by Crippen LogP contribution is -2.68. The maximum absolute atomic E-state index is 13.5. The zero-order valence-electron chi connectivity index (χ0n) is 37.1. The van der Waals surface area contributed by atoms with Crippen molar-refractivity contribution in [3.63, 3.8) is 0 Å². The van der Waals surface area contributed by atoms with Crippen LogP contribution in [-0.4, -0.2) is 74.0 Å². The number of morpholine rings is 1. The van der Waals surface area contributed by atoms with Crippen LogP contribution in [0.2, 0.25) is 0 Å². The number of esters is 2. The summed E-state index contributed by atoms with van der Waals surface area (Å²) >= 11 is 0. The van der Waals surface area contributed by atoms with Gasteiger partial charge in [-0.25, -0.2) is 0 Å². The fourth-order valence-corrected chi connectivity index (χ4v) is 15.1. The molecule has 0 radical (unpaired) electrons. The van der Waals surface area contributed by atoms with Crippen LogP contribution in [-0.2, 0) is 23.8 Å². The highest BCUT2D eigenvalue weighted by molar-refractivity contribution is 6.00. The Morgan fingerprint density at radius 3 is 2.12 bits per heavy atom. The Hall–Kier alpha value is -1.96. The molecule has 9 atom stereocenters. The molecular weight excluding hydrogens is 697 g/mol. The van der Waals surface area contributed by atoms with E-state index in [-0.39, 0.29) is 28.6 Å². The van der Waals surface area contributed by atoms with Crippen LogP contribution >= 0.6 is 0 Å². The smallest absolute Gasteiger partial charge is 0.324 e. The van der Waals surface area contributed by atoms with E-state index in [1.807, 2.05) is 27.7 Å². The highest BCUT2D eigenvalue weighted by Crippen LogP contribution is 2.76. The SMILES string of the molecule is C=C(C)[C@@H]1CC[C@]2(NCCN3CCOCC3)CC[C@]3(C)[C@H](CC[C@@H]4[C@@]5(C)CC=C(C6=CCC(C(=O)OC(C)C)(C(=O)OC(C)C)CC6)C(C)(C)[C@@H]5CC[C@]43C)[C@@H]12. The summed E-state index contributed by atoms with van der Waals surface area (Å²) in [4.78, 5) is 29.7. The molecule has 0 bridgehead atoms. The number of carbonyl (C=O) groups is 2. The molecule has 1 N–H and O–H groups in total. The monoisotopic (exact) mass is 775 g/mol. The van der Waals surface area contributed by atoms with E-state index in [0.717, 1.165) is 51.7 Å². The number of nitrogens with zero attached hydrogens (tertiary/aromatic N) is 1.